The van der Waals surface area contributed by atoms with Crippen LogP contribution in [-0.2, 0) is 16.4 Å². The molecule has 1 aromatic carbocycles. The Morgan fingerprint density at radius 3 is 2.33 bits per heavy atom. The lowest BCUT2D eigenvalue weighted by Gasteiger charge is -2.15. The Labute approximate surface area is 128 Å². The van der Waals surface area contributed by atoms with Crippen LogP contribution in [0.5, 0.6) is 0 Å². The quantitative estimate of drug-likeness (QED) is 0.787. The molecule has 0 radical (unpaired) electrons. The molecule has 4 nitrogen and oxygen atoms in total. The summed E-state index contributed by atoms with van der Waals surface area (Å²) in [4.78, 5) is 0.424. The van der Waals surface area contributed by atoms with Crippen molar-refractivity contribution in [2.24, 2.45) is 0 Å². The molecule has 0 bridgehead atoms. The number of sulfonamides is 1. The minimum Gasteiger partial charge on any atom is -0.315 e. The zero-order valence-electron chi connectivity index (χ0n) is 13.0. The van der Waals surface area contributed by atoms with Gasteiger partial charge in [-0.25, -0.2) is 8.42 Å². The van der Waals surface area contributed by atoms with Crippen molar-refractivity contribution in [3.63, 3.8) is 0 Å². The topological polar surface area (TPSA) is 49.4 Å². The summed E-state index contributed by atoms with van der Waals surface area (Å²) >= 11 is 0. The monoisotopic (exact) mass is 310 g/mol. The molecule has 0 amide bonds. The standard InChI is InChI=1S/C16H26N2O2S/c1-14(2)17-11-5-6-15-7-9-16(10-8-15)21(19,20)18-12-3-4-13-18/h7-10,14,17H,3-6,11-13H2,1-2H3. The molecule has 118 valence electrons. The number of benzene rings is 1. The van der Waals surface area contributed by atoms with Gasteiger partial charge in [0.2, 0.25) is 10.0 Å². The molecule has 0 aromatic heterocycles. The molecule has 0 atom stereocenters. The van der Waals surface area contributed by atoms with E-state index in [0.717, 1.165) is 32.2 Å². The van der Waals surface area contributed by atoms with Crippen LogP contribution in [0.1, 0.15) is 38.7 Å². The number of aryl methyl sites for hydroxylation is 1. The Bertz CT molecular complexity index is 532. The van der Waals surface area contributed by atoms with Crippen LogP contribution in [0, 0.1) is 0 Å². The van der Waals surface area contributed by atoms with Gasteiger partial charge in [0.15, 0.2) is 0 Å². The lowest BCUT2D eigenvalue weighted by molar-refractivity contribution is 0.477. The van der Waals surface area contributed by atoms with E-state index in [9.17, 15) is 8.42 Å². The smallest absolute Gasteiger partial charge is 0.243 e. The minimum absolute atomic E-state index is 0.424. The van der Waals surface area contributed by atoms with E-state index in [1.54, 1.807) is 16.4 Å². The molecule has 0 unspecified atom stereocenters. The molecule has 0 spiro atoms. The maximum atomic E-state index is 12.4. The van der Waals surface area contributed by atoms with Gasteiger partial charge in [-0.3, -0.25) is 0 Å². The summed E-state index contributed by atoms with van der Waals surface area (Å²) in [5.74, 6) is 0. The first kappa shape index (κ1) is 16.5. The summed E-state index contributed by atoms with van der Waals surface area (Å²) in [6, 6.07) is 7.90. The fourth-order valence-corrected chi connectivity index (χ4v) is 4.11. The van der Waals surface area contributed by atoms with Crippen LogP contribution in [0.25, 0.3) is 0 Å². The summed E-state index contributed by atoms with van der Waals surface area (Å²) in [6.45, 7) is 6.58. The van der Waals surface area contributed by atoms with E-state index in [4.69, 9.17) is 0 Å². The second kappa shape index (κ2) is 7.38. The van der Waals surface area contributed by atoms with Crippen molar-refractivity contribution >= 4 is 10.0 Å². The summed E-state index contributed by atoms with van der Waals surface area (Å²) < 4.78 is 26.4. The number of hydrogen-bond acceptors (Lipinski definition) is 3. The van der Waals surface area contributed by atoms with Gasteiger partial charge in [-0.05, 0) is 49.9 Å². The first-order chi connectivity index (χ1) is 10.00. The molecule has 0 saturated carbocycles. The first-order valence-electron chi connectivity index (χ1n) is 7.82. The van der Waals surface area contributed by atoms with Crippen LogP contribution >= 0.6 is 0 Å². The molecule has 1 aromatic rings. The van der Waals surface area contributed by atoms with E-state index in [0.29, 0.717) is 24.0 Å². The van der Waals surface area contributed by atoms with Crippen LogP contribution in [0.15, 0.2) is 29.2 Å². The molecule has 1 aliphatic rings. The largest absolute Gasteiger partial charge is 0.315 e. The van der Waals surface area contributed by atoms with Crippen molar-refractivity contribution in [3.8, 4) is 0 Å². The molecule has 21 heavy (non-hydrogen) atoms. The molecule has 2 rings (SSSR count). The van der Waals surface area contributed by atoms with Gasteiger partial charge in [0.25, 0.3) is 0 Å². The van der Waals surface area contributed by atoms with E-state index in [-0.39, 0.29) is 0 Å². The van der Waals surface area contributed by atoms with Crippen LogP contribution in [-0.4, -0.2) is 38.4 Å². The first-order valence-corrected chi connectivity index (χ1v) is 9.26. The SMILES string of the molecule is CC(C)NCCCc1ccc(S(=O)(=O)N2CCCC2)cc1. The molecule has 1 N–H and O–H groups in total. The van der Waals surface area contributed by atoms with Gasteiger partial charge >= 0.3 is 0 Å². The van der Waals surface area contributed by atoms with Crippen molar-refractivity contribution in [1.82, 2.24) is 9.62 Å². The van der Waals surface area contributed by atoms with Crippen molar-refractivity contribution in [1.29, 1.82) is 0 Å². The second-order valence-corrected chi connectivity index (χ2v) is 7.91. The van der Waals surface area contributed by atoms with Gasteiger partial charge in [-0.1, -0.05) is 26.0 Å². The lowest BCUT2D eigenvalue weighted by Crippen LogP contribution is -2.27. The Kier molecular flexibility index (Phi) is 5.79. The van der Waals surface area contributed by atoms with Gasteiger partial charge in [0, 0.05) is 19.1 Å². The van der Waals surface area contributed by atoms with Gasteiger partial charge < -0.3 is 5.32 Å². The zero-order valence-corrected chi connectivity index (χ0v) is 13.8. The van der Waals surface area contributed by atoms with Crippen LogP contribution in [0.2, 0.25) is 0 Å². The maximum Gasteiger partial charge on any atom is 0.243 e. The summed E-state index contributed by atoms with van der Waals surface area (Å²) in [5, 5.41) is 3.39. The molecule has 0 aliphatic carbocycles. The highest BCUT2D eigenvalue weighted by molar-refractivity contribution is 7.89. The number of nitrogens with one attached hydrogen (secondary N) is 1. The molecule has 1 aliphatic heterocycles. The molecule has 1 fully saturated rings. The van der Waals surface area contributed by atoms with E-state index in [2.05, 4.69) is 19.2 Å². The van der Waals surface area contributed by atoms with E-state index < -0.39 is 10.0 Å². The van der Waals surface area contributed by atoms with Gasteiger partial charge in [-0.15, -0.1) is 0 Å². The fraction of sp³-hybridized carbons (Fsp3) is 0.625. The lowest BCUT2D eigenvalue weighted by atomic mass is 10.1. The van der Waals surface area contributed by atoms with Crippen molar-refractivity contribution in [3.05, 3.63) is 29.8 Å². The van der Waals surface area contributed by atoms with E-state index >= 15 is 0 Å². The average molecular weight is 310 g/mol. The Morgan fingerprint density at radius 2 is 1.76 bits per heavy atom. The second-order valence-electron chi connectivity index (χ2n) is 5.97. The van der Waals surface area contributed by atoms with E-state index in [1.807, 2.05) is 12.1 Å². The third-order valence-corrected chi connectivity index (χ3v) is 5.73. The third-order valence-electron chi connectivity index (χ3n) is 3.82. The van der Waals surface area contributed by atoms with E-state index in [1.165, 1.54) is 5.56 Å². The van der Waals surface area contributed by atoms with Crippen LogP contribution in [0.3, 0.4) is 0 Å². The Morgan fingerprint density at radius 1 is 1.14 bits per heavy atom. The third kappa shape index (κ3) is 4.53. The zero-order chi connectivity index (χ0) is 15.3. The number of nitrogens with zero attached hydrogens (tertiary/aromatic N) is 1. The highest BCUT2D eigenvalue weighted by Crippen LogP contribution is 2.21. The summed E-state index contributed by atoms with van der Waals surface area (Å²) in [5.41, 5.74) is 1.20. The highest BCUT2D eigenvalue weighted by Gasteiger charge is 2.26. The van der Waals surface area contributed by atoms with Crippen molar-refractivity contribution < 1.29 is 8.42 Å². The molecular formula is C16H26N2O2S. The summed E-state index contributed by atoms with van der Waals surface area (Å²) in [6.07, 6.45) is 3.99. The van der Waals surface area contributed by atoms with Crippen molar-refractivity contribution in [2.75, 3.05) is 19.6 Å². The molecular weight excluding hydrogens is 284 g/mol. The molecule has 1 saturated heterocycles. The summed E-state index contributed by atoms with van der Waals surface area (Å²) in [7, 11) is -3.27. The predicted octanol–water partition coefficient (Wildman–Crippen LogP) is 2.40. The fourth-order valence-electron chi connectivity index (χ4n) is 2.59. The van der Waals surface area contributed by atoms with Gasteiger partial charge in [0.05, 0.1) is 4.90 Å². The molecule has 1 heterocycles. The Hall–Kier alpha value is -0.910. The minimum atomic E-state index is -3.27. The van der Waals surface area contributed by atoms with Gasteiger partial charge in [-0.2, -0.15) is 4.31 Å². The van der Waals surface area contributed by atoms with Crippen LogP contribution < -0.4 is 5.32 Å². The normalized spacial score (nSPS) is 16.7. The number of hydrogen-bond donors (Lipinski definition) is 1. The Balaban J connectivity index is 1.92. The molecule has 5 heteroatoms. The number of rotatable bonds is 7. The van der Waals surface area contributed by atoms with Crippen LogP contribution in [0.4, 0.5) is 0 Å². The van der Waals surface area contributed by atoms with Crippen molar-refractivity contribution in [2.45, 2.75) is 50.5 Å². The predicted molar refractivity (Wildman–Crippen MR) is 85.9 cm³/mol. The average Bonchev–Trinajstić information content (AvgIpc) is 2.99. The van der Waals surface area contributed by atoms with Gasteiger partial charge in [0.1, 0.15) is 0 Å². The maximum absolute atomic E-state index is 12.4. The highest BCUT2D eigenvalue weighted by atomic mass is 32.2.